The summed E-state index contributed by atoms with van der Waals surface area (Å²) < 4.78 is 6.23. The van der Waals surface area contributed by atoms with Crippen molar-refractivity contribution in [3.63, 3.8) is 0 Å². The number of rotatable bonds is 15. The van der Waals surface area contributed by atoms with Crippen LogP contribution in [0.3, 0.4) is 0 Å². The van der Waals surface area contributed by atoms with Gasteiger partial charge in [0.25, 0.3) is 0 Å². The molecule has 0 aliphatic carbocycles. The fourth-order valence-corrected chi connectivity index (χ4v) is 7.53. The zero-order valence-corrected chi connectivity index (χ0v) is 29.2. The SMILES string of the molecule is O=C(Cc1ccc(OCCCCCNC[C@H](O)c2ccc(O)c3[nH]c(=O)ccc23)c(-c2ccsc2)c1)N1CCC(C(=O)O)(c2ccccc2)CC1. The highest BCUT2D eigenvalue weighted by Gasteiger charge is 2.43. The number of phenolic OH excluding ortho intramolecular Hbond substituents is 1. The molecule has 1 atom stereocenters. The van der Waals surface area contributed by atoms with Crippen molar-refractivity contribution >= 4 is 34.1 Å². The summed E-state index contributed by atoms with van der Waals surface area (Å²) >= 11 is 1.60. The molecule has 51 heavy (non-hydrogen) atoms. The van der Waals surface area contributed by atoms with E-state index in [9.17, 15) is 29.7 Å². The van der Waals surface area contributed by atoms with Gasteiger partial charge in [0.2, 0.25) is 11.5 Å². The fourth-order valence-electron chi connectivity index (χ4n) is 6.87. The third-order valence-electron chi connectivity index (χ3n) is 9.80. The Balaban J connectivity index is 0.969. The Morgan fingerprint density at radius 3 is 2.53 bits per heavy atom. The largest absolute Gasteiger partial charge is 0.506 e. The Morgan fingerprint density at radius 1 is 0.980 bits per heavy atom. The van der Waals surface area contributed by atoms with Crippen LogP contribution >= 0.6 is 11.3 Å². The van der Waals surface area contributed by atoms with E-state index in [1.807, 2.05) is 60.0 Å². The van der Waals surface area contributed by atoms with Crippen molar-refractivity contribution < 1.29 is 29.6 Å². The first-order chi connectivity index (χ1) is 24.7. The maximum absolute atomic E-state index is 13.4. The van der Waals surface area contributed by atoms with E-state index in [1.54, 1.807) is 28.4 Å². The van der Waals surface area contributed by atoms with Crippen LogP contribution in [0.15, 0.2) is 94.4 Å². The summed E-state index contributed by atoms with van der Waals surface area (Å²) in [7, 11) is 0. The number of thiophene rings is 1. The Kier molecular flexibility index (Phi) is 11.5. The Hall–Kier alpha value is -4.97. The number of aromatic amines is 1. The Morgan fingerprint density at radius 2 is 1.78 bits per heavy atom. The monoisotopic (exact) mass is 709 g/mol. The number of unbranched alkanes of at least 4 members (excludes halogenated alkanes) is 2. The number of aliphatic carboxylic acids is 1. The second-order valence-corrected chi connectivity index (χ2v) is 13.8. The van der Waals surface area contributed by atoms with Crippen LogP contribution in [0.1, 0.15) is 54.9 Å². The number of nitrogens with zero attached hydrogens (tertiary/aromatic N) is 1. The van der Waals surface area contributed by atoms with Gasteiger partial charge in [0.1, 0.15) is 11.5 Å². The van der Waals surface area contributed by atoms with Gasteiger partial charge in [-0.3, -0.25) is 14.4 Å². The van der Waals surface area contributed by atoms with Gasteiger partial charge in [-0.25, -0.2) is 0 Å². The maximum atomic E-state index is 13.4. The van der Waals surface area contributed by atoms with Crippen LogP contribution in [-0.4, -0.2) is 69.9 Å². The summed E-state index contributed by atoms with van der Waals surface area (Å²) in [5.41, 5.74) is 3.30. The molecule has 2 aromatic heterocycles. The zero-order chi connectivity index (χ0) is 35.8. The summed E-state index contributed by atoms with van der Waals surface area (Å²) in [6, 6.07) is 23.4. The van der Waals surface area contributed by atoms with Crippen molar-refractivity contribution in [2.45, 2.75) is 50.0 Å². The van der Waals surface area contributed by atoms with E-state index < -0.39 is 17.5 Å². The number of aromatic nitrogens is 1. The minimum Gasteiger partial charge on any atom is -0.506 e. The van der Waals surface area contributed by atoms with Crippen LogP contribution in [0.4, 0.5) is 0 Å². The van der Waals surface area contributed by atoms with Crippen LogP contribution in [0, 0.1) is 0 Å². The molecular formula is C40H43N3O7S. The van der Waals surface area contributed by atoms with E-state index in [4.69, 9.17) is 4.74 Å². The lowest BCUT2D eigenvalue weighted by Crippen LogP contribution is -2.49. The molecule has 0 radical (unpaired) electrons. The second-order valence-electron chi connectivity index (χ2n) is 13.1. The smallest absolute Gasteiger partial charge is 0.314 e. The highest BCUT2D eigenvalue weighted by Crippen LogP contribution is 2.37. The first-order valence-corrected chi connectivity index (χ1v) is 18.3. The van der Waals surface area contributed by atoms with Gasteiger partial charge in [0, 0.05) is 36.7 Å². The van der Waals surface area contributed by atoms with Crippen molar-refractivity contribution in [2.75, 3.05) is 32.8 Å². The van der Waals surface area contributed by atoms with Crippen molar-refractivity contribution in [3.8, 4) is 22.6 Å². The molecule has 5 N–H and O–H groups in total. The first kappa shape index (κ1) is 35.8. The molecule has 10 nitrogen and oxygen atoms in total. The lowest BCUT2D eigenvalue weighted by molar-refractivity contribution is -0.148. The number of aliphatic hydroxyl groups is 1. The molecule has 266 valence electrons. The number of carbonyl (C=O) groups is 2. The first-order valence-electron chi connectivity index (χ1n) is 17.3. The zero-order valence-electron chi connectivity index (χ0n) is 28.3. The number of H-pyrrole nitrogens is 1. The number of phenols is 1. The summed E-state index contributed by atoms with van der Waals surface area (Å²) in [6.07, 6.45) is 2.86. The molecule has 0 saturated carbocycles. The molecule has 3 aromatic carbocycles. The number of pyridine rings is 1. The molecular weight excluding hydrogens is 667 g/mol. The summed E-state index contributed by atoms with van der Waals surface area (Å²) in [5, 5.41) is 39.0. The van der Waals surface area contributed by atoms with Crippen LogP contribution in [0.25, 0.3) is 22.0 Å². The number of fused-ring (bicyclic) bond motifs is 1. The van der Waals surface area contributed by atoms with E-state index in [0.29, 0.717) is 62.1 Å². The second kappa shape index (κ2) is 16.4. The average molecular weight is 710 g/mol. The van der Waals surface area contributed by atoms with Gasteiger partial charge in [-0.1, -0.05) is 42.5 Å². The van der Waals surface area contributed by atoms with Crippen LogP contribution in [0.5, 0.6) is 11.5 Å². The van der Waals surface area contributed by atoms with Crippen molar-refractivity contribution in [1.82, 2.24) is 15.2 Å². The van der Waals surface area contributed by atoms with E-state index in [1.165, 1.54) is 12.1 Å². The van der Waals surface area contributed by atoms with Crippen molar-refractivity contribution in [3.05, 3.63) is 117 Å². The number of piperidine rings is 1. The quantitative estimate of drug-likeness (QED) is 0.0828. The number of carboxylic acids is 1. The molecule has 0 unspecified atom stereocenters. The predicted molar refractivity (Wildman–Crippen MR) is 198 cm³/mol. The summed E-state index contributed by atoms with van der Waals surface area (Å²) in [4.78, 5) is 41.8. The molecule has 1 aliphatic rings. The summed E-state index contributed by atoms with van der Waals surface area (Å²) in [5.74, 6) is -0.127. The van der Waals surface area contributed by atoms with Gasteiger partial charge in [-0.15, -0.1) is 0 Å². The minimum atomic E-state index is -0.975. The molecule has 3 heterocycles. The van der Waals surface area contributed by atoms with Gasteiger partial charge in [0.05, 0.1) is 30.1 Å². The number of carboxylic acid groups (broad SMARTS) is 1. The number of hydrogen-bond acceptors (Lipinski definition) is 8. The van der Waals surface area contributed by atoms with E-state index >= 15 is 0 Å². The van der Waals surface area contributed by atoms with Crippen molar-refractivity contribution in [2.24, 2.45) is 0 Å². The van der Waals surface area contributed by atoms with Crippen LogP contribution in [0.2, 0.25) is 0 Å². The topological polar surface area (TPSA) is 152 Å². The standard InChI is InChI=1S/C40H43N3O7S/c44-33-12-10-30(31-11-14-36(46)42-38(31)33)34(45)25-41-18-5-2-6-21-50-35-13-9-27(23-32(35)28-15-22-51-26-28)24-37(47)43-19-16-40(17-20-43,39(48)49)29-7-3-1-4-8-29/h1,3-4,7-15,22-23,26,34,41,44-45H,2,5-6,16-21,24-25H2,(H,42,46)(H,48,49)/t34-/m0/s1. The number of carbonyl (C=O) groups excluding carboxylic acids is 1. The highest BCUT2D eigenvalue weighted by molar-refractivity contribution is 7.08. The minimum absolute atomic E-state index is 0.0131. The molecule has 5 aromatic rings. The van der Waals surface area contributed by atoms with E-state index in [-0.39, 0.29) is 23.6 Å². The number of aliphatic hydroxyl groups excluding tert-OH is 1. The molecule has 1 aliphatic heterocycles. The van der Waals surface area contributed by atoms with Gasteiger partial charge < -0.3 is 35.3 Å². The Bertz CT molecular complexity index is 2000. The average Bonchev–Trinajstić information content (AvgIpc) is 3.69. The van der Waals surface area contributed by atoms with Crippen molar-refractivity contribution in [1.29, 1.82) is 0 Å². The predicted octanol–water partition coefficient (Wildman–Crippen LogP) is 6.02. The lowest BCUT2D eigenvalue weighted by atomic mass is 9.73. The molecule has 0 bridgehead atoms. The number of benzene rings is 3. The Labute approximate surface area is 300 Å². The number of aromatic hydroxyl groups is 1. The normalized spacial score (nSPS) is 14.7. The molecule has 6 rings (SSSR count). The van der Waals surface area contributed by atoms with E-state index in [0.717, 1.165) is 47.3 Å². The number of likely N-dealkylation sites (tertiary alicyclic amines) is 1. The summed E-state index contributed by atoms with van der Waals surface area (Å²) in [6.45, 7) is 2.38. The van der Waals surface area contributed by atoms with E-state index in [2.05, 4.69) is 15.7 Å². The fraction of sp³-hybridized carbons (Fsp3) is 0.325. The third-order valence-corrected chi connectivity index (χ3v) is 10.5. The van der Waals surface area contributed by atoms with Crippen LogP contribution < -0.4 is 15.6 Å². The molecule has 1 fully saturated rings. The number of ether oxygens (including phenoxy) is 1. The lowest BCUT2D eigenvalue weighted by Gasteiger charge is -2.39. The number of amides is 1. The van der Waals surface area contributed by atoms with Gasteiger partial charge in [-0.05, 0) is 102 Å². The molecule has 11 heteroatoms. The van der Waals surface area contributed by atoms with Gasteiger partial charge in [-0.2, -0.15) is 11.3 Å². The number of nitrogens with one attached hydrogen (secondary N) is 2. The molecule has 1 saturated heterocycles. The van der Waals surface area contributed by atoms with Gasteiger partial charge in [0.15, 0.2) is 0 Å². The van der Waals surface area contributed by atoms with Gasteiger partial charge >= 0.3 is 5.97 Å². The number of hydrogen-bond donors (Lipinski definition) is 5. The highest BCUT2D eigenvalue weighted by atomic mass is 32.1. The molecule has 0 spiro atoms. The van der Waals surface area contributed by atoms with Crippen LogP contribution in [-0.2, 0) is 21.4 Å². The molecule has 1 amide bonds. The maximum Gasteiger partial charge on any atom is 0.314 e. The third kappa shape index (κ3) is 8.33.